The summed E-state index contributed by atoms with van der Waals surface area (Å²) >= 11 is 1.37. The maximum absolute atomic E-state index is 12.8. The van der Waals surface area contributed by atoms with Gasteiger partial charge in [0.05, 0.1) is 18.0 Å². The number of thiophene rings is 1. The molecule has 1 N–H and O–H groups in total. The minimum atomic E-state index is -0.546. The average molecular weight is 374 g/mol. The lowest BCUT2D eigenvalue weighted by molar-refractivity contribution is -0.125. The quantitative estimate of drug-likeness (QED) is 0.755. The summed E-state index contributed by atoms with van der Waals surface area (Å²) in [6, 6.07) is 12.5. The summed E-state index contributed by atoms with van der Waals surface area (Å²) in [5, 5.41) is 4.69. The SMILES string of the molecule is COCCNC(=O)[C@H]1C[C@H](Oc2ccccc2)CN1C(=O)c1cccs1. The summed E-state index contributed by atoms with van der Waals surface area (Å²) in [6.07, 6.45) is 0.240. The van der Waals surface area contributed by atoms with E-state index in [4.69, 9.17) is 9.47 Å². The lowest BCUT2D eigenvalue weighted by Gasteiger charge is -2.23. The monoisotopic (exact) mass is 374 g/mol. The van der Waals surface area contributed by atoms with Crippen molar-refractivity contribution in [2.45, 2.75) is 18.6 Å². The maximum Gasteiger partial charge on any atom is 0.264 e. The highest BCUT2D eigenvalue weighted by Crippen LogP contribution is 2.26. The molecule has 26 heavy (non-hydrogen) atoms. The van der Waals surface area contributed by atoms with E-state index in [1.165, 1.54) is 11.3 Å². The Morgan fingerprint density at radius 1 is 1.23 bits per heavy atom. The van der Waals surface area contributed by atoms with Crippen molar-refractivity contribution in [3.05, 3.63) is 52.7 Å². The third-order valence-electron chi connectivity index (χ3n) is 4.21. The van der Waals surface area contributed by atoms with Crippen LogP contribution in [0.5, 0.6) is 5.75 Å². The number of amides is 2. The number of benzene rings is 1. The molecule has 2 atom stereocenters. The largest absolute Gasteiger partial charge is 0.488 e. The fourth-order valence-electron chi connectivity index (χ4n) is 2.98. The molecule has 2 heterocycles. The number of hydrogen-bond acceptors (Lipinski definition) is 5. The Bertz CT molecular complexity index is 720. The van der Waals surface area contributed by atoms with E-state index in [0.717, 1.165) is 5.75 Å². The predicted octanol–water partition coefficient (Wildman–Crippen LogP) is 2.17. The Kier molecular flexibility index (Phi) is 6.25. The Morgan fingerprint density at radius 3 is 2.73 bits per heavy atom. The van der Waals surface area contributed by atoms with Crippen LogP contribution in [0.2, 0.25) is 0 Å². The minimum absolute atomic E-state index is 0.133. The number of likely N-dealkylation sites (tertiary alicyclic amines) is 1. The Morgan fingerprint density at radius 2 is 2.04 bits per heavy atom. The van der Waals surface area contributed by atoms with Gasteiger partial charge in [-0.3, -0.25) is 9.59 Å². The van der Waals surface area contributed by atoms with Crippen molar-refractivity contribution in [3.8, 4) is 5.75 Å². The zero-order chi connectivity index (χ0) is 18.4. The molecule has 1 fully saturated rings. The number of carbonyl (C=O) groups is 2. The molecular formula is C19H22N2O4S. The van der Waals surface area contributed by atoms with Crippen molar-refractivity contribution in [1.82, 2.24) is 10.2 Å². The molecule has 1 aliphatic heterocycles. The molecule has 1 aromatic heterocycles. The lowest BCUT2D eigenvalue weighted by atomic mass is 10.1. The molecule has 0 unspecified atom stereocenters. The number of methoxy groups -OCH3 is 1. The highest BCUT2D eigenvalue weighted by molar-refractivity contribution is 7.12. The van der Waals surface area contributed by atoms with Gasteiger partial charge in [-0.1, -0.05) is 24.3 Å². The van der Waals surface area contributed by atoms with Gasteiger partial charge >= 0.3 is 0 Å². The highest BCUT2D eigenvalue weighted by Gasteiger charge is 2.41. The molecule has 1 saturated heterocycles. The molecule has 0 bridgehead atoms. The van der Waals surface area contributed by atoms with Crippen LogP contribution < -0.4 is 10.1 Å². The first kappa shape index (κ1) is 18.4. The molecular weight excluding hydrogens is 352 g/mol. The zero-order valence-electron chi connectivity index (χ0n) is 14.6. The molecule has 6 nitrogen and oxygen atoms in total. The Labute approximate surface area is 156 Å². The molecule has 2 aromatic rings. The second kappa shape index (κ2) is 8.82. The summed E-state index contributed by atoms with van der Waals surface area (Å²) in [5.74, 6) is 0.429. The molecule has 0 radical (unpaired) electrons. The molecule has 0 aliphatic carbocycles. The van der Waals surface area contributed by atoms with E-state index >= 15 is 0 Å². The number of nitrogens with zero attached hydrogens (tertiary/aromatic N) is 1. The summed E-state index contributed by atoms with van der Waals surface area (Å²) in [7, 11) is 1.58. The molecule has 1 aromatic carbocycles. The minimum Gasteiger partial charge on any atom is -0.488 e. The summed E-state index contributed by atoms with van der Waals surface area (Å²) in [6.45, 7) is 1.23. The number of rotatable bonds is 7. The van der Waals surface area contributed by atoms with Crippen molar-refractivity contribution in [1.29, 1.82) is 0 Å². The topological polar surface area (TPSA) is 67.9 Å². The smallest absolute Gasteiger partial charge is 0.264 e. The normalized spacial score (nSPS) is 19.3. The highest BCUT2D eigenvalue weighted by atomic mass is 32.1. The van der Waals surface area contributed by atoms with Crippen molar-refractivity contribution < 1.29 is 19.1 Å². The van der Waals surface area contributed by atoms with E-state index in [0.29, 0.717) is 31.0 Å². The molecule has 138 valence electrons. The number of para-hydroxylation sites is 1. The standard InChI is InChI=1S/C19H22N2O4S/c1-24-10-9-20-18(22)16-12-15(25-14-6-3-2-4-7-14)13-21(16)19(23)17-8-5-11-26-17/h2-8,11,15-16H,9-10,12-13H2,1H3,(H,20,22)/t15-,16+/m0/s1. The van der Waals surface area contributed by atoms with Crippen molar-refractivity contribution in [2.24, 2.45) is 0 Å². The van der Waals surface area contributed by atoms with Crippen LogP contribution in [0.3, 0.4) is 0 Å². The van der Waals surface area contributed by atoms with Gasteiger partial charge in [0.25, 0.3) is 5.91 Å². The Balaban J connectivity index is 1.72. The maximum atomic E-state index is 12.8. The molecule has 7 heteroatoms. The average Bonchev–Trinajstić information content (AvgIpc) is 3.32. The van der Waals surface area contributed by atoms with Crippen LogP contribution in [0.15, 0.2) is 47.8 Å². The lowest BCUT2D eigenvalue weighted by Crippen LogP contribution is -2.46. The van der Waals surface area contributed by atoms with Gasteiger partial charge in [-0.15, -0.1) is 11.3 Å². The third kappa shape index (κ3) is 4.42. The molecule has 1 aliphatic rings. The first-order chi connectivity index (χ1) is 12.7. The van der Waals surface area contributed by atoms with Gasteiger partial charge in [0.1, 0.15) is 17.9 Å². The zero-order valence-corrected chi connectivity index (χ0v) is 15.4. The van der Waals surface area contributed by atoms with Crippen LogP contribution >= 0.6 is 11.3 Å². The first-order valence-corrected chi connectivity index (χ1v) is 9.40. The van der Waals surface area contributed by atoms with Crippen LogP contribution in [0.25, 0.3) is 0 Å². The van der Waals surface area contributed by atoms with Crippen molar-refractivity contribution >= 4 is 23.2 Å². The summed E-state index contributed by atoms with van der Waals surface area (Å²) < 4.78 is 11.0. The number of hydrogen-bond donors (Lipinski definition) is 1. The Hall–Kier alpha value is -2.38. The van der Waals surface area contributed by atoms with E-state index in [-0.39, 0.29) is 17.9 Å². The van der Waals surface area contributed by atoms with Gasteiger partial charge < -0.3 is 19.7 Å². The van der Waals surface area contributed by atoms with Gasteiger partial charge in [0.15, 0.2) is 0 Å². The van der Waals surface area contributed by atoms with E-state index < -0.39 is 6.04 Å². The van der Waals surface area contributed by atoms with E-state index in [1.54, 1.807) is 18.1 Å². The van der Waals surface area contributed by atoms with E-state index in [1.807, 2.05) is 41.8 Å². The molecule has 0 saturated carbocycles. The number of carbonyl (C=O) groups excluding carboxylic acids is 2. The van der Waals surface area contributed by atoms with Crippen LogP contribution in [0, 0.1) is 0 Å². The van der Waals surface area contributed by atoms with Crippen molar-refractivity contribution in [2.75, 3.05) is 26.8 Å². The predicted molar refractivity (Wildman–Crippen MR) is 99.5 cm³/mol. The van der Waals surface area contributed by atoms with Gasteiger partial charge in [0, 0.05) is 20.1 Å². The molecule has 3 rings (SSSR count). The molecule has 0 spiro atoms. The molecule has 2 amide bonds. The van der Waals surface area contributed by atoms with Gasteiger partial charge in [-0.05, 0) is 23.6 Å². The van der Waals surface area contributed by atoms with Gasteiger partial charge in [0.2, 0.25) is 5.91 Å². The summed E-state index contributed by atoms with van der Waals surface area (Å²) in [4.78, 5) is 27.7. The number of nitrogens with one attached hydrogen (secondary N) is 1. The number of ether oxygens (including phenoxy) is 2. The fourth-order valence-corrected chi connectivity index (χ4v) is 3.66. The summed E-state index contributed by atoms with van der Waals surface area (Å²) in [5.41, 5.74) is 0. The first-order valence-electron chi connectivity index (χ1n) is 8.52. The van der Waals surface area contributed by atoms with E-state index in [9.17, 15) is 9.59 Å². The second-order valence-corrected chi connectivity index (χ2v) is 6.97. The fraction of sp³-hybridized carbons (Fsp3) is 0.368. The second-order valence-electron chi connectivity index (χ2n) is 6.02. The van der Waals surface area contributed by atoms with Crippen molar-refractivity contribution in [3.63, 3.8) is 0 Å². The third-order valence-corrected chi connectivity index (χ3v) is 5.07. The van der Waals surface area contributed by atoms with Crippen LogP contribution in [0.1, 0.15) is 16.1 Å². The van der Waals surface area contributed by atoms with Crippen LogP contribution in [-0.4, -0.2) is 55.7 Å². The van der Waals surface area contributed by atoms with Gasteiger partial charge in [-0.2, -0.15) is 0 Å². The van der Waals surface area contributed by atoms with Crippen LogP contribution in [0.4, 0.5) is 0 Å². The van der Waals surface area contributed by atoms with Crippen LogP contribution in [-0.2, 0) is 9.53 Å². The van der Waals surface area contributed by atoms with Gasteiger partial charge in [-0.25, -0.2) is 0 Å². The van der Waals surface area contributed by atoms with E-state index in [2.05, 4.69) is 5.32 Å².